The smallest absolute Gasteiger partial charge is 0.335 e. The molecule has 31 heavy (non-hydrogen) atoms. The van der Waals surface area contributed by atoms with Crippen LogP contribution in [0.1, 0.15) is 15.9 Å². The Balaban J connectivity index is 1.80. The van der Waals surface area contributed by atoms with Crippen molar-refractivity contribution in [1.82, 2.24) is 9.55 Å². The molecule has 0 bridgehead atoms. The number of carbonyl (C=O) groups is 2. The molecule has 2 heterocycles. The van der Waals surface area contributed by atoms with E-state index in [2.05, 4.69) is 4.98 Å². The van der Waals surface area contributed by atoms with Crippen molar-refractivity contribution in [3.63, 3.8) is 0 Å². The molecule has 2 N–H and O–H groups in total. The molecule has 0 radical (unpaired) electrons. The van der Waals surface area contributed by atoms with Crippen molar-refractivity contribution in [1.29, 1.82) is 0 Å². The monoisotopic (exact) mass is 419 g/mol. The lowest BCUT2D eigenvalue weighted by molar-refractivity contribution is -0.135. The number of benzene rings is 2. The Morgan fingerprint density at radius 3 is 2.35 bits per heavy atom. The summed E-state index contributed by atoms with van der Waals surface area (Å²) in [6, 6.07) is 15.8. The highest BCUT2D eigenvalue weighted by atomic mass is 19.1. The molecule has 2 aromatic carbocycles. The lowest BCUT2D eigenvalue weighted by Gasteiger charge is -2.22. The summed E-state index contributed by atoms with van der Waals surface area (Å²) in [4.78, 5) is 28.8. The number of carboxylic acids is 2. The minimum Gasteiger partial charge on any atom is -0.480 e. The molecule has 0 unspecified atom stereocenters. The molecular weight excluding hydrogens is 401 g/mol. The van der Waals surface area contributed by atoms with Gasteiger partial charge in [-0.25, -0.2) is 14.2 Å². The van der Waals surface area contributed by atoms with E-state index in [1.54, 1.807) is 47.6 Å². The highest BCUT2D eigenvalue weighted by Gasteiger charge is 2.20. The summed E-state index contributed by atoms with van der Waals surface area (Å²) in [5.41, 5.74) is 2.79. The molecule has 0 atom stereocenters. The number of pyridine rings is 1. The van der Waals surface area contributed by atoms with Crippen molar-refractivity contribution < 1.29 is 24.2 Å². The van der Waals surface area contributed by atoms with Gasteiger partial charge in [-0.2, -0.15) is 0 Å². The van der Waals surface area contributed by atoms with Gasteiger partial charge in [-0.3, -0.25) is 4.79 Å². The normalized spacial score (nSPS) is 10.9. The highest BCUT2D eigenvalue weighted by molar-refractivity contribution is 5.96. The number of anilines is 2. The fraction of sp³-hybridized carbons (Fsp3) is 0.0870. The van der Waals surface area contributed by atoms with Crippen LogP contribution >= 0.6 is 0 Å². The lowest BCUT2D eigenvalue weighted by Crippen LogP contribution is -2.24. The fourth-order valence-electron chi connectivity index (χ4n) is 3.46. The molecule has 0 saturated heterocycles. The van der Waals surface area contributed by atoms with Crippen LogP contribution in [-0.2, 0) is 11.3 Å². The van der Waals surface area contributed by atoms with E-state index < -0.39 is 11.9 Å². The molecule has 0 aliphatic carbocycles. The summed E-state index contributed by atoms with van der Waals surface area (Å²) in [6.45, 7) is 0.101. The van der Waals surface area contributed by atoms with Crippen LogP contribution in [0.5, 0.6) is 0 Å². The first-order valence-electron chi connectivity index (χ1n) is 9.43. The number of fused-ring (bicyclic) bond motifs is 1. The topological polar surface area (TPSA) is 95.7 Å². The fourth-order valence-corrected chi connectivity index (χ4v) is 3.46. The Kier molecular flexibility index (Phi) is 5.36. The van der Waals surface area contributed by atoms with Gasteiger partial charge in [0.05, 0.1) is 11.3 Å². The van der Waals surface area contributed by atoms with Crippen LogP contribution in [0.4, 0.5) is 15.8 Å². The molecule has 0 aliphatic rings. The largest absolute Gasteiger partial charge is 0.480 e. The van der Waals surface area contributed by atoms with Crippen molar-refractivity contribution >= 4 is 34.3 Å². The van der Waals surface area contributed by atoms with E-state index in [0.717, 1.165) is 10.9 Å². The first kappa shape index (κ1) is 20.1. The van der Waals surface area contributed by atoms with Crippen LogP contribution in [0.3, 0.4) is 0 Å². The Bertz CT molecular complexity index is 1250. The zero-order valence-electron chi connectivity index (χ0n) is 16.3. The van der Waals surface area contributed by atoms with E-state index in [1.165, 1.54) is 24.3 Å². The Hall–Kier alpha value is -4.20. The minimum atomic E-state index is -1.06. The van der Waals surface area contributed by atoms with E-state index >= 15 is 0 Å². The Morgan fingerprint density at radius 2 is 1.71 bits per heavy atom. The molecule has 0 saturated carbocycles. The molecule has 4 rings (SSSR count). The number of aromatic nitrogens is 2. The molecular formula is C23H18FN3O4. The molecule has 7 nitrogen and oxygen atoms in total. The van der Waals surface area contributed by atoms with Crippen molar-refractivity contribution in [2.75, 3.05) is 11.4 Å². The summed E-state index contributed by atoms with van der Waals surface area (Å²) < 4.78 is 15.1. The van der Waals surface area contributed by atoms with Crippen LogP contribution in [-0.4, -0.2) is 38.2 Å². The second-order valence-corrected chi connectivity index (χ2v) is 6.98. The van der Waals surface area contributed by atoms with Crippen LogP contribution in [0.15, 0.2) is 73.1 Å². The summed E-state index contributed by atoms with van der Waals surface area (Å²) in [7, 11) is 0. The minimum absolute atomic E-state index is 0.111. The number of nitrogens with zero attached hydrogens (tertiary/aromatic N) is 3. The maximum Gasteiger partial charge on any atom is 0.335 e. The second-order valence-electron chi connectivity index (χ2n) is 6.98. The van der Waals surface area contributed by atoms with Crippen molar-refractivity contribution in [2.45, 2.75) is 6.54 Å². The van der Waals surface area contributed by atoms with E-state index in [-0.39, 0.29) is 17.9 Å². The van der Waals surface area contributed by atoms with E-state index in [0.29, 0.717) is 23.6 Å². The molecule has 0 aliphatic heterocycles. The van der Waals surface area contributed by atoms with Crippen molar-refractivity contribution in [2.24, 2.45) is 0 Å². The average Bonchev–Trinajstić information content (AvgIpc) is 3.12. The number of carboxylic acid groups (broad SMARTS) is 2. The van der Waals surface area contributed by atoms with Crippen LogP contribution < -0.4 is 4.90 Å². The maximum absolute atomic E-state index is 13.3. The van der Waals surface area contributed by atoms with E-state index in [9.17, 15) is 19.1 Å². The molecule has 4 aromatic rings. The van der Waals surface area contributed by atoms with Gasteiger partial charge in [0.15, 0.2) is 0 Å². The summed E-state index contributed by atoms with van der Waals surface area (Å²) in [5, 5.41) is 19.4. The van der Waals surface area contributed by atoms with E-state index in [4.69, 9.17) is 5.11 Å². The van der Waals surface area contributed by atoms with Gasteiger partial charge in [0.2, 0.25) is 0 Å². The highest BCUT2D eigenvalue weighted by Crippen LogP contribution is 2.33. The average molecular weight is 419 g/mol. The van der Waals surface area contributed by atoms with Gasteiger partial charge >= 0.3 is 11.9 Å². The van der Waals surface area contributed by atoms with Gasteiger partial charge < -0.3 is 19.7 Å². The summed E-state index contributed by atoms with van der Waals surface area (Å²) in [5.74, 6) is -2.42. The zero-order valence-corrected chi connectivity index (χ0v) is 16.3. The summed E-state index contributed by atoms with van der Waals surface area (Å²) >= 11 is 0. The van der Waals surface area contributed by atoms with Gasteiger partial charge in [0.1, 0.15) is 18.0 Å². The van der Waals surface area contributed by atoms with Gasteiger partial charge in [-0.15, -0.1) is 0 Å². The van der Waals surface area contributed by atoms with Crippen LogP contribution in [0.25, 0.3) is 11.0 Å². The number of rotatable bonds is 7. The molecule has 0 spiro atoms. The number of aliphatic carboxylic acids is 1. The number of hydrogen-bond donors (Lipinski definition) is 2. The van der Waals surface area contributed by atoms with Gasteiger partial charge in [-0.05, 0) is 54.1 Å². The van der Waals surface area contributed by atoms with Crippen LogP contribution in [0, 0.1) is 5.82 Å². The number of halogens is 1. The third-order valence-electron chi connectivity index (χ3n) is 4.89. The van der Waals surface area contributed by atoms with Crippen molar-refractivity contribution in [3.8, 4) is 0 Å². The summed E-state index contributed by atoms with van der Waals surface area (Å²) in [6.07, 6.45) is 3.45. The molecule has 2 aromatic heterocycles. The van der Waals surface area contributed by atoms with Gasteiger partial charge in [0, 0.05) is 30.0 Å². The number of hydrogen-bond acceptors (Lipinski definition) is 4. The lowest BCUT2D eigenvalue weighted by atomic mass is 10.1. The predicted octanol–water partition coefficient (Wildman–Crippen LogP) is 4.14. The SMILES string of the molecule is O=C(O)CN(c1ccc(C(=O)O)cc1)c1cn(Cc2ccc(F)cc2)c2ncccc12. The molecule has 0 amide bonds. The third-order valence-corrected chi connectivity index (χ3v) is 4.89. The Morgan fingerprint density at radius 1 is 1.00 bits per heavy atom. The van der Waals surface area contributed by atoms with Crippen molar-refractivity contribution in [3.05, 3.63) is 90.0 Å². The number of aromatic carboxylic acids is 1. The predicted molar refractivity (Wildman–Crippen MR) is 113 cm³/mol. The molecule has 0 fully saturated rings. The molecule has 156 valence electrons. The maximum atomic E-state index is 13.3. The Labute approximate surface area is 176 Å². The molecule has 8 heteroatoms. The van der Waals surface area contributed by atoms with Crippen LogP contribution in [0.2, 0.25) is 0 Å². The first-order valence-corrected chi connectivity index (χ1v) is 9.43. The van der Waals surface area contributed by atoms with Gasteiger partial charge in [-0.1, -0.05) is 12.1 Å². The standard InChI is InChI=1S/C23H18FN3O4/c24-17-7-3-15(4-8-17)12-26-13-20(19-2-1-11-25-22(19)26)27(14-21(28)29)18-9-5-16(6-10-18)23(30)31/h1-11,13H,12,14H2,(H,28,29)(H,30,31). The van der Waals surface area contributed by atoms with E-state index in [1.807, 2.05) is 10.6 Å². The van der Waals surface area contributed by atoms with Gasteiger partial charge in [0.25, 0.3) is 0 Å². The zero-order chi connectivity index (χ0) is 22.0. The first-order chi connectivity index (χ1) is 14.9. The quantitative estimate of drug-likeness (QED) is 0.467. The second kappa shape index (κ2) is 8.27. The third kappa shape index (κ3) is 4.23.